The number of rotatable bonds is 4. The second kappa shape index (κ2) is 13.4. The number of benzene rings is 1. The number of hydrogen-bond donors (Lipinski definition) is 3. The number of aliphatic carboxylic acids is 1. The van der Waals surface area contributed by atoms with E-state index < -0.39 is 53.0 Å². The van der Waals surface area contributed by atoms with Gasteiger partial charge in [-0.15, -0.1) is 11.3 Å². The van der Waals surface area contributed by atoms with Crippen molar-refractivity contribution >= 4 is 41.1 Å². The van der Waals surface area contributed by atoms with Gasteiger partial charge in [0.25, 0.3) is 5.91 Å². The molecule has 256 valence electrons. The van der Waals surface area contributed by atoms with E-state index in [1.54, 1.807) is 25.7 Å². The Morgan fingerprint density at radius 1 is 1.06 bits per heavy atom. The number of nitrogens with one attached hydrogen (secondary N) is 2. The van der Waals surface area contributed by atoms with Crippen molar-refractivity contribution in [3.05, 3.63) is 59.5 Å². The summed E-state index contributed by atoms with van der Waals surface area (Å²) in [6.45, 7) is 6.04. The number of carbonyl (C=O) groups is 5. The molecule has 48 heavy (non-hydrogen) atoms. The highest BCUT2D eigenvalue weighted by atomic mass is 32.1. The van der Waals surface area contributed by atoms with Crippen LogP contribution in [0.25, 0.3) is 10.4 Å². The molecule has 1 aliphatic carbocycles. The molecule has 1 aromatic heterocycles. The lowest BCUT2D eigenvalue weighted by Crippen LogP contribution is -2.58. The summed E-state index contributed by atoms with van der Waals surface area (Å²) in [4.78, 5) is 71.8. The Hall–Kier alpha value is -4.19. The number of likely N-dealkylation sites (tertiary alicyclic amines) is 1. The van der Waals surface area contributed by atoms with Gasteiger partial charge in [0.1, 0.15) is 23.2 Å². The maximum Gasteiger partial charge on any atom is 0.408 e. The van der Waals surface area contributed by atoms with Crippen LogP contribution in [0.15, 0.2) is 53.9 Å². The maximum absolute atomic E-state index is 14.3. The summed E-state index contributed by atoms with van der Waals surface area (Å²) in [5.41, 5.74) is -0.611. The lowest BCUT2D eigenvalue weighted by Gasteiger charge is -2.33. The molecule has 2 aromatic rings. The van der Waals surface area contributed by atoms with Gasteiger partial charge in [-0.3, -0.25) is 14.4 Å². The van der Waals surface area contributed by atoms with Crippen molar-refractivity contribution in [1.29, 1.82) is 0 Å². The zero-order valence-electron chi connectivity index (χ0n) is 27.6. The number of carbonyl (C=O) groups excluding carboxylic acids is 4. The van der Waals surface area contributed by atoms with Crippen LogP contribution in [0.3, 0.4) is 0 Å². The van der Waals surface area contributed by atoms with E-state index >= 15 is 0 Å². The molecule has 3 aliphatic heterocycles. The number of alkyl carbamates (subject to hydrolysis) is 1. The van der Waals surface area contributed by atoms with Gasteiger partial charge in [0.2, 0.25) is 11.8 Å². The first-order chi connectivity index (χ1) is 22.9. The standard InChI is InChI=1S/C36H44N4O7S/c1-35(2,3)47-34(46)37-27-15-11-6-4-5-10-14-25-17-36(25,33(44)45)38-30(41)29-26-20-39(18-24(26)19-40(29)32(27)43)31(42)23-16-28(48-21-23)22-12-8-7-9-13-22/h7-10,12-14,16,21,24-27,29H,4-6,11,15,17-20H2,1-3H3,(H,37,46)(H,38,41)(H,44,45)/b14-10-/t24-,25+,26-,27+,29-,36+/m0/s1. The second-order valence-corrected chi connectivity index (χ2v) is 15.4. The van der Waals surface area contributed by atoms with Gasteiger partial charge in [-0.1, -0.05) is 55.3 Å². The van der Waals surface area contributed by atoms with Crippen LogP contribution < -0.4 is 10.6 Å². The summed E-state index contributed by atoms with van der Waals surface area (Å²) < 4.78 is 5.48. The van der Waals surface area contributed by atoms with Gasteiger partial charge in [-0.05, 0) is 58.1 Å². The monoisotopic (exact) mass is 676 g/mol. The quantitative estimate of drug-likeness (QED) is 0.399. The largest absolute Gasteiger partial charge is 0.479 e. The summed E-state index contributed by atoms with van der Waals surface area (Å²) in [5.74, 6) is -3.14. The highest BCUT2D eigenvalue weighted by molar-refractivity contribution is 7.13. The van der Waals surface area contributed by atoms with Crippen LogP contribution in [0.2, 0.25) is 0 Å². The van der Waals surface area contributed by atoms with Gasteiger partial charge < -0.3 is 30.3 Å². The van der Waals surface area contributed by atoms with Gasteiger partial charge in [0.15, 0.2) is 0 Å². The molecule has 12 heteroatoms. The van der Waals surface area contributed by atoms with Crippen molar-refractivity contribution < 1.29 is 33.8 Å². The molecule has 6 rings (SSSR count). The van der Waals surface area contributed by atoms with E-state index in [2.05, 4.69) is 10.6 Å². The molecule has 2 saturated heterocycles. The number of ether oxygens (including phenoxy) is 1. The molecule has 0 radical (unpaired) electrons. The topological polar surface area (TPSA) is 145 Å². The molecule has 4 heterocycles. The fourth-order valence-corrected chi connectivity index (χ4v) is 8.26. The molecule has 0 spiro atoms. The Kier molecular flexibility index (Phi) is 9.39. The Morgan fingerprint density at radius 2 is 1.83 bits per heavy atom. The number of amides is 4. The first kappa shape index (κ1) is 33.7. The van der Waals surface area contributed by atoms with Crippen LogP contribution in [-0.4, -0.2) is 87.5 Å². The first-order valence-corrected chi connectivity index (χ1v) is 17.7. The van der Waals surface area contributed by atoms with Crippen molar-refractivity contribution in [3.63, 3.8) is 0 Å². The van der Waals surface area contributed by atoms with Crippen LogP contribution in [0, 0.1) is 17.8 Å². The van der Waals surface area contributed by atoms with Gasteiger partial charge in [0, 0.05) is 47.6 Å². The predicted octanol–water partition coefficient (Wildman–Crippen LogP) is 4.69. The molecule has 3 N–H and O–H groups in total. The summed E-state index contributed by atoms with van der Waals surface area (Å²) in [6.07, 6.45) is 6.86. The van der Waals surface area contributed by atoms with Crippen molar-refractivity contribution in [2.24, 2.45) is 17.8 Å². The summed E-state index contributed by atoms with van der Waals surface area (Å²) in [5, 5.41) is 17.6. The zero-order valence-corrected chi connectivity index (χ0v) is 28.5. The van der Waals surface area contributed by atoms with Gasteiger partial charge in [0.05, 0.1) is 5.56 Å². The van der Waals surface area contributed by atoms with E-state index in [0.29, 0.717) is 24.9 Å². The first-order valence-electron chi connectivity index (χ1n) is 16.8. The second-order valence-electron chi connectivity index (χ2n) is 14.5. The number of fused-ring (bicyclic) bond motifs is 4. The molecule has 4 amide bonds. The van der Waals surface area contributed by atoms with Crippen LogP contribution in [0.4, 0.5) is 4.79 Å². The third kappa shape index (κ3) is 6.99. The van der Waals surface area contributed by atoms with Crippen LogP contribution in [0.5, 0.6) is 0 Å². The Labute approximate surface area is 284 Å². The Bertz CT molecular complexity index is 1600. The van der Waals surface area contributed by atoms with Crippen molar-refractivity contribution in [2.45, 2.75) is 82.5 Å². The molecule has 4 aliphatic rings. The zero-order chi connectivity index (χ0) is 34.2. The van der Waals surface area contributed by atoms with Crippen molar-refractivity contribution in [1.82, 2.24) is 20.4 Å². The number of hydrogen-bond acceptors (Lipinski definition) is 7. The van der Waals surface area contributed by atoms with E-state index in [1.165, 1.54) is 16.2 Å². The van der Waals surface area contributed by atoms with Crippen LogP contribution in [-0.2, 0) is 19.1 Å². The lowest BCUT2D eigenvalue weighted by molar-refractivity contribution is -0.146. The highest BCUT2D eigenvalue weighted by Gasteiger charge is 2.62. The molecular weight excluding hydrogens is 632 g/mol. The third-order valence-electron chi connectivity index (χ3n) is 9.87. The molecule has 0 unspecified atom stereocenters. The van der Waals surface area contributed by atoms with Gasteiger partial charge >= 0.3 is 12.1 Å². The molecule has 1 saturated carbocycles. The highest BCUT2D eigenvalue weighted by Crippen LogP contribution is 2.46. The average Bonchev–Trinajstić information content (AvgIpc) is 3.37. The minimum atomic E-state index is -1.44. The van der Waals surface area contributed by atoms with E-state index in [-0.39, 0.29) is 37.3 Å². The number of nitrogens with zero attached hydrogens (tertiary/aromatic N) is 2. The SMILES string of the molecule is CC(C)(C)OC(=O)N[C@@H]1CCCCC/C=C\[C@@H]2C[C@@]2(C(=O)O)NC(=O)[C@@H]2[C@H]3CN(C(=O)c4csc(-c5ccccc5)c4)C[C@H]3CN2C1=O. The molecule has 1 aromatic carbocycles. The predicted molar refractivity (Wildman–Crippen MR) is 180 cm³/mol. The maximum atomic E-state index is 14.3. The van der Waals surface area contributed by atoms with Crippen molar-refractivity contribution in [3.8, 4) is 10.4 Å². The third-order valence-corrected chi connectivity index (χ3v) is 10.9. The number of thiophene rings is 1. The molecular formula is C36H44N4O7S. The smallest absolute Gasteiger partial charge is 0.408 e. The molecule has 11 nitrogen and oxygen atoms in total. The molecule has 3 fully saturated rings. The summed E-state index contributed by atoms with van der Waals surface area (Å²) in [7, 11) is 0. The minimum absolute atomic E-state index is 0.142. The Balaban J connectivity index is 1.26. The normalized spacial score (nSPS) is 29.8. The van der Waals surface area contributed by atoms with Crippen molar-refractivity contribution in [2.75, 3.05) is 19.6 Å². The van der Waals surface area contributed by atoms with E-state index in [1.807, 2.05) is 53.9 Å². The van der Waals surface area contributed by atoms with E-state index in [0.717, 1.165) is 29.7 Å². The average molecular weight is 677 g/mol. The molecule has 6 atom stereocenters. The lowest BCUT2D eigenvalue weighted by atomic mass is 9.93. The van der Waals surface area contributed by atoms with Crippen LogP contribution >= 0.6 is 11.3 Å². The number of allylic oxidation sites excluding steroid dienone is 1. The summed E-state index contributed by atoms with van der Waals surface area (Å²) in [6, 6.07) is 9.79. The van der Waals surface area contributed by atoms with Gasteiger partial charge in [-0.2, -0.15) is 0 Å². The number of carboxylic acid groups (broad SMARTS) is 1. The van der Waals surface area contributed by atoms with Gasteiger partial charge in [-0.25, -0.2) is 9.59 Å². The fraction of sp³-hybridized carbons (Fsp3) is 0.528. The van der Waals surface area contributed by atoms with E-state index in [4.69, 9.17) is 4.74 Å². The summed E-state index contributed by atoms with van der Waals surface area (Å²) >= 11 is 1.49. The van der Waals surface area contributed by atoms with E-state index in [9.17, 15) is 29.1 Å². The number of carboxylic acids is 1. The van der Waals surface area contributed by atoms with Crippen LogP contribution in [0.1, 0.15) is 69.7 Å². The molecule has 0 bridgehead atoms. The minimum Gasteiger partial charge on any atom is -0.479 e. The Morgan fingerprint density at radius 3 is 2.56 bits per heavy atom. The fourth-order valence-electron chi connectivity index (χ4n) is 7.37.